The Morgan fingerprint density at radius 3 is 2.94 bits per heavy atom. The highest BCUT2D eigenvalue weighted by atomic mass is 15.3. The third kappa shape index (κ3) is 2.01. The van der Waals surface area contributed by atoms with Crippen LogP contribution in [0.4, 0.5) is 11.5 Å². The molecule has 2 rings (SSSR count). The fraction of sp³-hybridized carbons (Fsp3) is 0.182. The summed E-state index contributed by atoms with van der Waals surface area (Å²) in [4.78, 5) is 4.13. The van der Waals surface area contributed by atoms with E-state index in [2.05, 4.69) is 21.5 Å². The normalized spacial score (nSPS) is 9.81. The van der Waals surface area contributed by atoms with Gasteiger partial charge in [-0.25, -0.2) is 4.98 Å². The second-order valence-corrected chi connectivity index (χ2v) is 3.47. The van der Waals surface area contributed by atoms with E-state index in [1.807, 2.05) is 20.2 Å². The predicted molar refractivity (Wildman–Crippen MR) is 60.2 cm³/mol. The zero-order valence-corrected chi connectivity index (χ0v) is 9.10. The van der Waals surface area contributed by atoms with Gasteiger partial charge in [-0.15, -0.1) is 0 Å². The van der Waals surface area contributed by atoms with Gasteiger partial charge in [0.2, 0.25) is 0 Å². The standard InChI is InChI=1S/C11H11N5/c1-8-10(7-16(2)15-8)14-11-5-9(6-12)3-4-13-11/h3-5,7H,1-2H3,(H,13,14). The summed E-state index contributed by atoms with van der Waals surface area (Å²) in [5.41, 5.74) is 2.37. The molecule has 0 unspecified atom stereocenters. The van der Waals surface area contributed by atoms with Crippen LogP contribution in [0.3, 0.4) is 0 Å². The summed E-state index contributed by atoms with van der Waals surface area (Å²) in [6, 6.07) is 5.44. The van der Waals surface area contributed by atoms with Crippen LogP contribution in [0.15, 0.2) is 24.5 Å². The topological polar surface area (TPSA) is 66.5 Å². The molecule has 5 heteroatoms. The third-order valence-corrected chi connectivity index (χ3v) is 2.17. The van der Waals surface area contributed by atoms with E-state index in [4.69, 9.17) is 5.26 Å². The van der Waals surface area contributed by atoms with Gasteiger partial charge in [-0.05, 0) is 19.1 Å². The molecule has 0 saturated heterocycles. The number of nitriles is 1. The Hall–Kier alpha value is -2.35. The number of aromatic nitrogens is 3. The number of aryl methyl sites for hydroxylation is 2. The van der Waals surface area contributed by atoms with Crippen LogP contribution in [0.5, 0.6) is 0 Å². The van der Waals surface area contributed by atoms with Crippen molar-refractivity contribution in [3.8, 4) is 6.07 Å². The maximum atomic E-state index is 8.76. The van der Waals surface area contributed by atoms with Gasteiger partial charge in [-0.3, -0.25) is 4.68 Å². The Labute approximate surface area is 93.4 Å². The maximum Gasteiger partial charge on any atom is 0.131 e. The molecule has 2 heterocycles. The first-order valence-corrected chi connectivity index (χ1v) is 4.82. The Balaban J connectivity index is 2.27. The van der Waals surface area contributed by atoms with Gasteiger partial charge in [0.1, 0.15) is 5.82 Å². The summed E-state index contributed by atoms with van der Waals surface area (Å²) in [5.74, 6) is 0.648. The Bertz CT molecular complexity index is 550. The minimum atomic E-state index is 0.582. The van der Waals surface area contributed by atoms with Crippen LogP contribution in [0.2, 0.25) is 0 Å². The monoisotopic (exact) mass is 213 g/mol. The smallest absolute Gasteiger partial charge is 0.131 e. The highest BCUT2D eigenvalue weighted by Crippen LogP contribution is 2.17. The van der Waals surface area contributed by atoms with Gasteiger partial charge < -0.3 is 5.32 Å². The molecule has 0 saturated carbocycles. The first kappa shape index (κ1) is 10.2. The van der Waals surface area contributed by atoms with Crippen LogP contribution >= 0.6 is 0 Å². The largest absolute Gasteiger partial charge is 0.337 e. The Morgan fingerprint density at radius 2 is 2.31 bits per heavy atom. The molecule has 16 heavy (non-hydrogen) atoms. The average Bonchev–Trinajstić information content (AvgIpc) is 2.58. The van der Waals surface area contributed by atoms with Crippen molar-refractivity contribution >= 4 is 11.5 Å². The second-order valence-electron chi connectivity index (χ2n) is 3.47. The fourth-order valence-corrected chi connectivity index (χ4v) is 1.43. The quantitative estimate of drug-likeness (QED) is 0.825. The van der Waals surface area contributed by atoms with Crippen LogP contribution in [0.25, 0.3) is 0 Å². The van der Waals surface area contributed by atoms with E-state index in [1.165, 1.54) is 0 Å². The fourth-order valence-electron chi connectivity index (χ4n) is 1.43. The SMILES string of the molecule is Cc1nn(C)cc1Nc1cc(C#N)ccn1. The lowest BCUT2D eigenvalue weighted by molar-refractivity contribution is 0.756. The molecule has 0 aliphatic rings. The maximum absolute atomic E-state index is 8.76. The Kier molecular flexibility index (Phi) is 2.56. The third-order valence-electron chi connectivity index (χ3n) is 2.17. The van der Waals surface area contributed by atoms with E-state index in [-0.39, 0.29) is 0 Å². The van der Waals surface area contributed by atoms with E-state index < -0.39 is 0 Å². The van der Waals surface area contributed by atoms with E-state index >= 15 is 0 Å². The second kappa shape index (κ2) is 4.03. The van der Waals surface area contributed by atoms with Gasteiger partial charge in [0, 0.05) is 19.4 Å². The van der Waals surface area contributed by atoms with E-state index in [0.29, 0.717) is 11.4 Å². The van der Waals surface area contributed by atoms with Crippen molar-refractivity contribution < 1.29 is 0 Å². The Morgan fingerprint density at radius 1 is 1.50 bits per heavy atom. The van der Waals surface area contributed by atoms with Crippen molar-refractivity contribution in [2.24, 2.45) is 7.05 Å². The summed E-state index contributed by atoms with van der Waals surface area (Å²) in [6.45, 7) is 1.91. The number of hydrogen-bond donors (Lipinski definition) is 1. The molecule has 0 aromatic carbocycles. The predicted octanol–water partition coefficient (Wildman–Crippen LogP) is 1.74. The van der Waals surface area contributed by atoms with E-state index in [0.717, 1.165) is 11.4 Å². The lowest BCUT2D eigenvalue weighted by Crippen LogP contribution is -1.94. The summed E-state index contributed by atoms with van der Waals surface area (Å²) in [5, 5.41) is 16.1. The highest BCUT2D eigenvalue weighted by Gasteiger charge is 2.04. The zero-order valence-electron chi connectivity index (χ0n) is 9.10. The van der Waals surface area contributed by atoms with Gasteiger partial charge in [-0.1, -0.05) is 0 Å². The summed E-state index contributed by atoms with van der Waals surface area (Å²) in [6.07, 6.45) is 3.47. The number of pyridine rings is 1. The van der Waals surface area contributed by atoms with Crippen LogP contribution in [0.1, 0.15) is 11.3 Å². The molecule has 0 aliphatic heterocycles. The van der Waals surface area contributed by atoms with Crippen molar-refractivity contribution in [2.75, 3.05) is 5.32 Å². The van der Waals surface area contributed by atoms with Crippen LogP contribution in [-0.4, -0.2) is 14.8 Å². The van der Waals surface area contributed by atoms with Crippen molar-refractivity contribution in [2.45, 2.75) is 6.92 Å². The number of hydrogen-bond acceptors (Lipinski definition) is 4. The van der Waals surface area contributed by atoms with Gasteiger partial charge in [0.25, 0.3) is 0 Å². The number of rotatable bonds is 2. The van der Waals surface area contributed by atoms with Crippen LogP contribution in [0, 0.1) is 18.3 Å². The van der Waals surface area contributed by atoms with E-state index in [1.54, 1.807) is 23.0 Å². The molecule has 5 nitrogen and oxygen atoms in total. The number of anilines is 2. The molecule has 0 aliphatic carbocycles. The van der Waals surface area contributed by atoms with Crippen molar-refractivity contribution in [1.29, 1.82) is 5.26 Å². The average molecular weight is 213 g/mol. The van der Waals surface area contributed by atoms with Gasteiger partial charge in [0.15, 0.2) is 0 Å². The van der Waals surface area contributed by atoms with Gasteiger partial charge >= 0.3 is 0 Å². The molecule has 0 atom stereocenters. The zero-order chi connectivity index (χ0) is 11.5. The molecule has 0 fully saturated rings. The van der Waals surface area contributed by atoms with Gasteiger partial charge in [0.05, 0.1) is 23.0 Å². The lowest BCUT2D eigenvalue weighted by atomic mass is 10.3. The van der Waals surface area contributed by atoms with Crippen LogP contribution < -0.4 is 5.32 Å². The summed E-state index contributed by atoms with van der Waals surface area (Å²) >= 11 is 0. The van der Waals surface area contributed by atoms with Crippen LogP contribution in [-0.2, 0) is 7.05 Å². The van der Waals surface area contributed by atoms with Crippen molar-refractivity contribution in [3.05, 3.63) is 35.8 Å². The first-order valence-electron chi connectivity index (χ1n) is 4.82. The minimum Gasteiger partial charge on any atom is -0.337 e. The minimum absolute atomic E-state index is 0.582. The number of nitrogens with one attached hydrogen (secondary N) is 1. The molecule has 0 amide bonds. The molecule has 0 bridgehead atoms. The molecular weight excluding hydrogens is 202 g/mol. The van der Waals surface area contributed by atoms with Gasteiger partial charge in [-0.2, -0.15) is 10.4 Å². The highest BCUT2D eigenvalue weighted by molar-refractivity contribution is 5.58. The summed E-state index contributed by atoms with van der Waals surface area (Å²) in [7, 11) is 1.86. The first-order chi connectivity index (χ1) is 7.69. The molecule has 2 aromatic rings. The molecule has 2 aromatic heterocycles. The molecule has 80 valence electrons. The lowest BCUT2D eigenvalue weighted by Gasteiger charge is -2.02. The van der Waals surface area contributed by atoms with Crippen molar-refractivity contribution in [1.82, 2.24) is 14.8 Å². The summed E-state index contributed by atoms with van der Waals surface area (Å²) < 4.78 is 1.73. The number of nitrogens with zero attached hydrogens (tertiary/aromatic N) is 4. The molecule has 1 N–H and O–H groups in total. The van der Waals surface area contributed by atoms with E-state index in [9.17, 15) is 0 Å². The molecule has 0 spiro atoms. The molecular formula is C11H11N5. The molecule has 0 radical (unpaired) electrons. The van der Waals surface area contributed by atoms with Crippen molar-refractivity contribution in [3.63, 3.8) is 0 Å².